The van der Waals surface area contributed by atoms with Gasteiger partial charge in [-0.15, -0.1) is 0 Å². The van der Waals surface area contributed by atoms with Crippen LogP contribution in [0, 0.1) is 13.8 Å². The number of nitrogens with zero attached hydrogens (tertiary/aromatic N) is 3. The van der Waals surface area contributed by atoms with Crippen molar-refractivity contribution in [2.45, 2.75) is 26.7 Å². The van der Waals surface area contributed by atoms with E-state index in [-0.39, 0.29) is 11.8 Å². The van der Waals surface area contributed by atoms with Gasteiger partial charge in [0.15, 0.2) is 5.65 Å². The van der Waals surface area contributed by atoms with Crippen molar-refractivity contribution >= 4 is 40.0 Å². The first kappa shape index (κ1) is 21.8. The molecule has 7 nitrogen and oxygen atoms in total. The average Bonchev–Trinajstić information content (AvgIpc) is 3.15. The quantitative estimate of drug-likeness (QED) is 0.422. The Kier molecular flexibility index (Phi) is 6.37. The molecule has 0 radical (unpaired) electrons. The molecule has 8 heteroatoms. The summed E-state index contributed by atoms with van der Waals surface area (Å²) in [6, 6.07) is 14.8. The topological polar surface area (TPSA) is 88.4 Å². The standard InChI is InChI=1S/C24H24ClN5O2/c1-15-17(16(2)30-23(28-15)19-8-4-6-10-21(19)29-30)11-12-22(31)26-13-14-27-24(32)18-7-3-5-9-20(18)25/h3-10H,11-14H2,1-2H3,(H,26,31)(H,27,32). The zero-order chi connectivity index (χ0) is 22.7. The van der Waals surface area contributed by atoms with Crippen molar-refractivity contribution in [1.29, 1.82) is 0 Å². The van der Waals surface area contributed by atoms with Crippen molar-refractivity contribution < 1.29 is 9.59 Å². The van der Waals surface area contributed by atoms with Gasteiger partial charge in [-0.25, -0.2) is 9.50 Å². The van der Waals surface area contributed by atoms with E-state index >= 15 is 0 Å². The van der Waals surface area contributed by atoms with E-state index < -0.39 is 0 Å². The average molecular weight is 450 g/mol. The van der Waals surface area contributed by atoms with Crippen molar-refractivity contribution in [3.05, 3.63) is 76.1 Å². The Morgan fingerprint density at radius 1 is 1.00 bits per heavy atom. The van der Waals surface area contributed by atoms with Crippen LogP contribution in [0.3, 0.4) is 0 Å². The highest BCUT2D eigenvalue weighted by atomic mass is 35.5. The highest BCUT2D eigenvalue weighted by molar-refractivity contribution is 6.33. The van der Waals surface area contributed by atoms with Crippen LogP contribution in [0.2, 0.25) is 5.02 Å². The number of benzene rings is 2. The lowest BCUT2D eigenvalue weighted by molar-refractivity contribution is -0.121. The van der Waals surface area contributed by atoms with Crippen LogP contribution in [0.15, 0.2) is 48.5 Å². The van der Waals surface area contributed by atoms with Gasteiger partial charge in [0.2, 0.25) is 5.91 Å². The number of aryl methyl sites for hydroxylation is 2. The van der Waals surface area contributed by atoms with E-state index in [1.54, 1.807) is 24.3 Å². The Hall–Kier alpha value is -3.45. The normalized spacial score (nSPS) is 11.1. The first-order valence-electron chi connectivity index (χ1n) is 10.5. The van der Waals surface area contributed by atoms with Gasteiger partial charge in [0.25, 0.3) is 5.91 Å². The van der Waals surface area contributed by atoms with E-state index in [1.165, 1.54) is 0 Å². The second kappa shape index (κ2) is 9.36. The van der Waals surface area contributed by atoms with Crippen molar-refractivity contribution in [2.75, 3.05) is 13.1 Å². The molecule has 164 valence electrons. The van der Waals surface area contributed by atoms with Crippen LogP contribution >= 0.6 is 11.6 Å². The number of rotatable bonds is 7. The Bertz CT molecular complexity index is 1310. The number of aromatic nitrogens is 3. The van der Waals surface area contributed by atoms with Crippen LogP contribution in [-0.2, 0) is 11.2 Å². The molecule has 4 rings (SSSR count). The third kappa shape index (κ3) is 4.43. The number of hydrogen-bond donors (Lipinski definition) is 2. The molecular formula is C24H24ClN5O2. The molecule has 32 heavy (non-hydrogen) atoms. The predicted molar refractivity (Wildman–Crippen MR) is 125 cm³/mol. The maximum atomic E-state index is 12.3. The number of amides is 2. The maximum Gasteiger partial charge on any atom is 0.252 e. The molecule has 0 unspecified atom stereocenters. The third-order valence-corrected chi connectivity index (χ3v) is 5.80. The number of halogens is 1. The number of carbonyl (C=O) groups excluding carboxylic acids is 2. The minimum Gasteiger partial charge on any atom is -0.354 e. The van der Waals surface area contributed by atoms with Gasteiger partial charge in [0, 0.05) is 36.3 Å². The summed E-state index contributed by atoms with van der Waals surface area (Å²) in [4.78, 5) is 29.2. The van der Waals surface area contributed by atoms with Crippen LogP contribution in [0.4, 0.5) is 0 Å². The van der Waals surface area contributed by atoms with E-state index in [2.05, 4.69) is 15.7 Å². The molecule has 2 amide bonds. The van der Waals surface area contributed by atoms with Crippen LogP contribution in [0.5, 0.6) is 0 Å². The minimum absolute atomic E-state index is 0.0819. The summed E-state index contributed by atoms with van der Waals surface area (Å²) < 4.78 is 1.86. The van der Waals surface area contributed by atoms with Crippen molar-refractivity contribution in [2.24, 2.45) is 0 Å². The number of carbonyl (C=O) groups is 2. The second-order valence-corrected chi connectivity index (χ2v) is 8.01. The van der Waals surface area contributed by atoms with Crippen LogP contribution in [-0.4, -0.2) is 39.5 Å². The summed E-state index contributed by atoms with van der Waals surface area (Å²) in [7, 11) is 0. The fourth-order valence-corrected chi connectivity index (χ4v) is 4.01. The lowest BCUT2D eigenvalue weighted by atomic mass is 10.1. The molecule has 0 saturated heterocycles. The maximum absolute atomic E-state index is 12.3. The van der Waals surface area contributed by atoms with Gasteiger partial charge in [0.1, 0.15) is 0 Å². The summed E-state index contributed by atoms with van der Waals surface area (Å²) in [5.74, 6) is -0.344. The van der Waals surface area contributed by atoms with Gasteiger partial charge in [-0.2, -0.15) is 5.10 Å². The largest absolute Gasteiger partial charge is 0.354 e. The molecule has 2 N–H and O–H groups in total. The van der Waals surface area contributed by atoms with Gasteiger partial charge >= 0.3 is 0 Å². The summed E-state index contributed by atoms with van der Waals surface area (Å²) >= 11 is 6.02. The van der Waals surface area contributed by atoms with Crippen molar-refractivity contribution in [1.82, 2.24) is 25.2 Å². The van der Waals surface area contributed by atoms with Crippen LogP contribution in [0.1, 0.15) is 33.7 Å². The number of hydrogen-bond acceptors (Lipinski definition) is 4. The smallest absolute Gasteiger partial charge is 0.252 e. The highest BCUT2D eigenvalue weighted by Gasteiger charge is 2.15. The fourth-order valence-electron chi connectivity index (χ4n) is 3.78. The van der Waals surface area contributed by atoms with E-state index in [0.29, 0.717) is 36.5 Å². The Labute approximate surface area is 190 Å². The molecule has 0 saturated carbocycles. The van der Waals surface area contributed by atoms with Crippen LogP contribution < -0.4 is 10.6 Å². The second-order valence-electron chi connectivity index (χ2n) is 7.60. The lowest BCUT2D eigenvalue weighted by Crippen LogP contribution is -2.34. The summed E-state index contributed by atoms with van der Waals surface area (Å²) in [5.41, 5.74) is 5.06. The van der Waals surface area contributed by atoms with Gasteiger partial charge in [-0.1, -0.05) is 35.9 Å². The molecule has 0 aliphatic heterocycles. The monoisotopic (exact) mass is 449 g/mol. The van der Waals surface area contributed by atoms with E-state index in [1.807, 2.05) is 42.6 Å². The molecule has 0 bridgehead atoms. The number of fused-ring (bicyclic) bond motifs is 3. The van der Waals surface area contributed by atoms with Crippen LogP contribution in [0.25, 0.3) is 16.6 Å². The highest BCUT2D eigenvalue weighted by Crippen LogP contribution is 2.22. The molecule has 0 atom stereocenters. The first-order chi connectivity index (χ1) is 15.5. The predicted octanol–water partition coefficient (Wildman–Crippen LogP) is 3.63. The summed E-state index contributed by atoms with van der Waals surface area (Å²) in [6.07, 6.45) is 0.892. The van der Waals surface area contributed by atoms with E-state index in [0.717, 1.165) is 33.5 Å². The summed E-state index contributed by atoms with van der Waals surface area (Å²) in [5, 5.41) is 11.7. The molecule has 4 aromatic rings. The molecular weight excluding hydrogens is 426 g/mol. The molecule has 0 aliphatic rings. The van der Waals surface area contributed by atoms with Crippen molar-refractivity contribution in [3.8, 4) is 0 Å². The fraction of sp³-hybridized carbons (Fsp3) is 0.250. The Balaban J connectivity index is 1.32. The van der Waals surface area contributed by atoms with E-state index in [9.17, 15) is 9.59 Å². The summed E-state index contributed by atoms with van der Waals surface area (Å²) in [6.45, 7) is 4.63. The zero-order valence-corrected chi connectivity index (χ0v) is 18.7. The SMILES string of the molecule is Cc1nc2c3ccccc3nn2c(C)c1CCC(=O)NCCNC(=O)c1ccccc1Cl. The lowest BCUT2D eigenvalue weighted by Gasteiger charge is -2.11. The molecule has 0 aliphatic carbocycles. The van der Waals surface area contributed by atoms with Crippen molar-refractivity contribution in [3.63, 3.8) is 0 Å². The molecule has 2 aromatic carbocycles. The molecule has 0 spiro atoms. The van der Waals surface area contributed by atoms with Gasteiger partial charge < -0.3 is 10.6 Å². The third-order valence-electron chi connectivity index (χ3n) is 5.47. The zero-order valence-electron chi connectivity index (χ0n) is 18.0. The van der Waals surface area contributed by atoms with Gasteiger partial charge in [-0.05, 0) is 50.1 Å². The Morgan fingerprint density at radius 3 is 2.53 bits per heavy atom. The van der Waals surface area contributed by atoms with Gasteiger partial charge in [-0.3, -0.25) is 9.59 Å². The molecule has 0 fully saturated rings. The molecule has 2 heterocycles. The number of nitrogens with one attached hydrogen (secondary N) is 2. The molecule has 2 aromatic heterocycles. The van der Waals surface area contributed by atoms with Gasteiger partial charge in [0.05, 0.1) is 16.1 Å². The first-order valence-corrected chi connectivity index (χ1v) is 10.9. The minimum atomic E-state index is -0.262. The van der Waals surface area contributed by atoms with E-state index in [4.69, 9.17) is 16.6 Å². The Morgan fingerprint density at radius 2 is 1.72 bits per heavy atom.